The van der Waals surface area contributed by atoms with Crippen LogP contribution in [0.25, 0.3) is 115 Å². The number of hydrogen-bond donors (Lipinski definition) is 0. The molecule has 0 saturated heterocycles. The summed E-state index contributed by atoms with van der Waals surface area (Å²) in [4.78, 5) is 8.74. The summed E-state index contributed by atoms with van der Waals surface area (Å²) in [5.41, 5.74) is 33.7. The lowest BCUT2D eigenvalue weighted by atomic mass is 9.91. The van der Waals surface area contributed by atoms with E-state index in [9.17, 15) is 0 Å². The van der Waals surface area contributed by atoms with Crippen LogP contribution in [0.1, 0.15) is 66.8 Å². The lowest BCUT2D eigenvalue weighted by Crippen LogP contribution is -2.04. The van der Waals surface area contributed by atoms with E-state index in [-0.39, 0.29) is 0 Å². The van der Waals surface area contributed by atoms with Crippen LogP contribution >= 0.6 is 0 Å². The Hall–Kier alpha value is -8.78. The number of fused-ring (bicyclic) bond motifs is 6. The lowest BCUT2D eigenvalue weighted by molar-refractivity contribution is 1.10. The van der Waals surface area contributed by atoms with Crippen molar-refractivity contribution < 1.29 is 0 Å². The molecule has 0 atom stereocenters. The Bertz CT molecular complexity index is 4150. The topological polar surface area (TPSA) is 27.1 Å². The number of hydrogen-bond acceptors (Lipinski definition) is 1. The zero-order valence-corrected chi connectivity index (χ0v) is 45.8. The Labute approximate surface area is 447 Å². The smallest absolute Gasteiger partial charge is 0.197 e. The van der Waals surface area contributed by atoms with E-state index in [0.29, 0.717) is 5.69 Å². The Morgan fingerprint density at radius 3 is 0.868 bits per heavy atom. The maximum atomic E-state index is 8.85. The largest absolute Gasteiger partial charge is 0.308 e. The van der Waals surface area contributed by atoms with Gasteiger partial charge in [-0.05, 0) is 256 Å². The van der Waals surface area contributed by atoms with E-state index in [1.54, 1.807) is 0 Å². The van der Waals surface area contributed by atoms with Gasteiger partial charge in [-0.1, -0.05) is 95.1 Å². The van der Waals surface area contributed by atoms with Crippen molar-refractivity contribution in [2.24, 2.45) is 0 Å². The normalized spacial score (nSPS) is 11.7. The molecule has 3 aromatic heterocycles. The number of aromatic nitrogens is 3. The van der Waals surface area contributed by atoms with Gasteiger partial charge < -0.3 is 9.13 Å². The predicted octanol–water partition coefficient (Wildman–Crippen LogP) is 19.9. The molecule has 12 rings (SSSR count). The minimum atomic E-state index is 0.575. The van der Waals surface area contributed by atoms with Gasteiger partial charge in [-0.15, -0.1) is 0 Å². The van der Waals surface area contributed by atoms with E-state index in [4.69, 9.17) is 6.57 Å². The highest BCUT2D eigenvalue weighted by atomic mass is 15.1. The number of benzene rings is 9. The fourth-order valence-electron chi connectivity index (χ4n) is 13.5. The SMILES string of the molecule is [C-]#[N+]c1cc(-n2c3ccc(-c4c(C)cc(C)cc4C)cc3c3cc(-c4c(C)cc(C)cc4C)ccc32)c(-n2c3ccc(-c4c(C)cc(C)cc4C)cc3c3cc(-c4c(C)cc(C)cc4C)ccc32)cc1-c1ccncc1. The molecule has 9 aromatic carbocycles. The summed E-state index contributed by atoms with van der Waals surface area (Å²) in [6, 6.07) is 55.0. The van der Waals surface area contributed by atoms with E-state index in [0.717, 1.165) is 55.3 Å². The van der Waals surface area contributed by atoms with Crippen LogP contribution in [0.4, 0.5) is 5.69 Å². The molecule has 0 aliphatic heterocycles. The van der Waals surface area contributed by atoms with Gasteiger partial charge in [0.2, 0.25) is 0 Å². The van der Waals surface area contributed by atoms with Crippen LogP contribution < -0.4 is 0 Å². The minimum absolute atomic E-state index is 0.575. The molecule has 0 saturated carbocycles. The summed E-state index contributed by atoms with van der Waals surface area (Å²) in [5, 5.41) is 4.67. The first-order chi connectivity index (χ1) is 36.6. The molecule has 0 aliphatic rings. The van der Waals surface area contributed by atoms with Gasteiger partial charge in [0.15, 0.2) is 5.69 Å². The third kappa shape index (κ3) is 7.84. The van der Waals surface area contributed by atoms with Gasteiger partial charge in [0.05, 0.1) is 40.0 Å². The summed E-state index contributed by atoms with van der Waals surface area (Å²) in [6.07, 6.45) is 3.64. The van der Waals surface area contributed by atoms with Crippen molar-refractivity contribution in [2.45, 2.75) is 83.1 Å². The summed E-state index contributed by atoms with van der Waals surface area (Å²) >= 11 is 0. The van der Waals surface area contributed by atoms with Crippen LogP contribution in [-0.2, 0) is 0 Å². The van der Waals surface area contributed by atoms with Gasteiger partial charge in [0.25, 0.3) is 0 Å². The van der Waals surface area contributed by atoms with Crippen molar-refractivity contribution in [2.75, 3.05) is 0 Å². The van der Waals surface area contributed by atoms with Crippen LogP contribution in [-0.4, -0.2) is 14.1 Å². The summed E-state index contributed by atoms with van der Waals surface area (Å²) in [7, 11) is 0. The van der Waals surface area contributed by atoms with E-state index in [1.807, 2.05) is 24.5 Å². The third-order valence-corrected chi connectivity index (χ3v) is 16.1. The van der Waals surface area contributed by atoms with Crippen molar-refractivity contribution in [3.63, 3.8) is 0 Å². The minimum Gasteiger partial charge on any atom is -0.308 e. The first-order valence-corrected chi connectivity index (χ1v) is 26.5. The molecular formula is C72H62N4. The monoisotopic (exact) mass is 982 g/mol. The maximum absolute atomic E-state index is 8.85. The Morgan fingerprint density at radius 1 is 0.316 bits per heavy atom. The van der Waals surface area contributed by atoms with Crippen LogP contribution in [0.15, 0.2) is 158 Å². The van der Waals surface area contributed by atoms with Gasteiger partial charge in [-0.2, -0.15) is 0 Å². The molecular weight excluding hydrogens is 921 g/mol. The molecule has 0 radical (unpaired) electrons. The zero-order chi connectivity index (χ0) is 53.0. The molecule has 0 N–H and O–H groups in total. The third-order valence-electron chi connectivity index (χ3n) is 16.1. The summed E-state index contributed by atoms with van der Waals surface area (Å²) in [6.45, 7) is 35.4. The van der Waals surface area contributed by atoms with E-state index < -0.39 is 0 Å². The molecule has 12 aromatic rings. The second-order valence-corrected chi connectivity index (χ2v) is 21.9. The van der Waals surface area contributed by atoms with Crippen LogP contribution in [0.2, 0.25) is 0 Å². The zero-order valence-electron chi connectivity index (χ0n) is 45.8. The molecule has 76 heavy (non-hydrogen) atoms. The first kappa shape index (κ1) is 48.2. The van der Waals surface area contributed by atoms with E-state index in [1.165, 1.54) is 122 Å². The summed E-state index contributed by atoms with van der Waals surface area (Å²) < 4.78 is 4.90. The standard InChI is InChI=1S/C72H62N4/c1-40-26-44(5)69(45(6)27-40)53-14-18-63-58(34-53)59-35-54(70-46(7)28-41(2)29-47(70)8)15-19-64(59)75(63)67-38-57(52-22-24-74-25-23-52)62(73-13)39-68(67)76-65-20-16-55(71-48(9)30-42(3)31-49(71)10)36-60(65)61-37-56(17-21-66(61)76)72-50(11)32-43(4)33-51(72)12/h14-39H,1-12H3. The molecule has 4 nitrogen and oxygen atoms in total. The highest BCUT2D eigenvalue weighted by Gasteiger charge is 2.25. The van der Waals surface area contributed by atoms with Crippen LogP contribution in [0.3, 0.4) is 0 Å². The molecule has 0 aliphatic carbocycles. The van der Waals surface area contributed by atoms with E-state index in [2.05, 4.69) is 236 Å². The maximum Gasteiger partial charge on any atom is 0.197 e. The average molecular weight is 983 g/mol. The molecule has 370 valence electrons. The van der Waals surface area contributed by atoms with Crippen molar-refractivity contribution in [3.05, 3.63) is 236 Å². The van der Waals surface area contributed by atoms with Crippen molar-refractivity contribution in [1.29, 1.82) is 0 Å². The molecule has 0 bridgehead atoms. The van der Waals surface area contributed by atoms with Gasteiger partial charge >= 0.3 is 0 Å². The number of aryl methyl sites for hydroxylation is 12. The highest BCUT2D eigenvalue weighted by Crippen LogP contribution is 2.47. The van der Waals surface area contributed by atoms with Crippen molar-refractivity contribution in [3.8, 4) is 67.0 Å². The summed E-state index contributed by atoms with van der Waals surface area (Å²) in [5.74, 6) is 0. The lowest BCUT2D eigenvalue weighted by Gasteiger charge is -2.20. The van der Waals surface area contributed by atoms with Crippen LogP contribution in [0, 0.1) is 89.7 Å². The highest BCUT2D eigenvalue weighted by molar-refractivity contribution is 6.15. The Balaban J connectivity index is 1.22. The molecule has 0 fully saturated rings. The second-order valence-electron chi connectivity index (χ2n) is 21.9. The fourth-order valence-corrected chi connectivity index (χ4v) is 13.5. The molecule has 0 unspecified atom stereocenters. The van der Waals surface area contributed by atoms with Gasteiger partial charge in [0, 0.05) is 33.9 Å². The number of rotatable bonds is 7. The van der Waals surface area contributed by atoms with Gasteiger partial charge in [-0.25, -0.2) is 4.85 Å². The predicted molar refractivity (Wildman–Crippen MR) is 323 cm³/mol. The number of nitrogens with zero attached hydrogens (tertiary/aromatic N) is 4. The quantitative estimate of drug-likeness (QED) is 0.146. The van der Waals surface area contributed by atoms with Gasteiger partial charge in [0.1, 0.15) is 0 Å². The average Bonchev–Trinajstić information content (AvgIpc) is 4.01. The molecule has 3 heterocycles. The molecule has 4 heteroatoms. The van der Waals surface area contributed by atoms with Crippen molar-refractivity contribution >= 4 is 49.3 Å². The van der Waals surface area contributed by atoms with E-state index >= 15 is 0 Å². The fraction of sp³-hybridized carbons (Fsp3) is 0.167. The van der Waals surface area contributed by atoms with Gasteiger partial charge in [-0.3, -0.25) is 4.98 Å². The Kier molecular flexibility index (Phi) is 11.6. The van der Waals surface area contributed by atoms with Crippen LogP contribution in [0.5, 0.6) is 0 Å². The number of pyridine rings is 1. The van der Waals surface area contributed by atoms with Crippen molar-refractivity contribution in [1.82, 2.24) is 14.1 Å². The second kappa shape index (κ2) is 18.3. The first-order valence-electron chi connectivity index (χ1n) is 26.5. The molecule has 0 spiro atoms. The Morgan fingerprint density at radius 2 is 0.592 bits per heavy atom. The molecule has 0 amide bonds.